The molecular weight excluding hydrogens is 430 g/mol. The molecule has 1 spiro atoms. The Labute approximate surface area is 202 Å². The van der Waals surface area contributed by atoms with Gasteiger partial charge in [-0.25, -0.2) is 4.79 Å². The summed E-state index contributed by atoms with van der Waals surface area (Å²) in [6.07, 6.45) is 6.89. The van der Waals surface area contributed by atoms with Gasteiger partial charge in [0.05, 0.1) is 6.54 Å². The van der Waals surface area contributed by atoms with Gasteiger partial charge in [-0.2, -0.15) is 0 Å². The van der Waals surface area contributed by atoms with E-state index in [1.54, 1.807) is 0 Å². The van der Waals surface area contributed by atoms with Crippen LogP contribution in [-0.4, -0.2) is 72.5 Å². The third-order valence-corrected chi connectivity index (χ3v) is 8.47. The van der Waals surface area contributed by atoms with Gasteiger partial charge < -0.3 is 19.9 Å². The van der Waals surface area contributed by atoms with Crippen LogP contribution in [0.5, 0.6) is 0 Å². The number of benzene rings is 1. The summed E-state index contributed by atoms with van der Waals surface area (Å²) in [6.45, 7) is 4.64. The molecule has 34 heavy (non-hydrogen) atoms. The minimum atomic E-state index is -0.288. The highest BCUT2D eigenvalue weighted by atomic mass is 16.6. The summed E-state index contributed by atoms with van der Waals surface area (Å²) in [7, 11) is 0. The fourth-order valence-corrected chi connectivity index (χ4v) is 6.34. The molecule has 3 heterocycles. The number of ether oxygens (including phenoxy) is 1. The first kappa shape index (κ1) is 23.3. The highest BCUT2D eigenvalue weighted by molar-refractivity contribution is 5.98. The Kier molecular flexibility index (Phi) is 6.91. The van der Waals surface area contributed by atoms with Gasteiger partial charge in [0.1, 0.15) is 5.60 Å². The lowest BCUT2D eigenvalue weighted by Gasteiger charge is -2.36. The summed E-state index contributed by atoms with van der Waals surface area (Å²) < 4.78 is 5.80. The van der Waals surface area contributed by atoms with Crippen molar-refractivity contribution in [3.63, 3.8) is 0 Å². The fraction of sp³-hybridized carbons (Fsp3) is 0.667. The minimum absolute atomic E-state index is 0.0191. The molecule has 0 aromatic heterocycles. The maximum Gasteiger partial charge on any atom is 0.410 e. The first-order valence-electron chi connectivity index (χ1n) is 13.1. The number of carbonyl (C=O) groups excluding carboxylic acids is 3. The third kappa shape index (κ3) is 4.99. The average Bonchev–Trinajstić information content (AvgIpc) is 3.18. The highest BCUT2D eigenvalue weighted by Crippen LogP contribution is 2.35. The van der Waals surface area contributed by atoms with Gasteiger partial charge in [0.25, 0.3) is 0 Å². The quantitative estimate of drug-likeness (QED) is 0.671. The van der Waals surface area contributed by atoms with E-state index in [2.05, 4.69) is 5.32 Å². The van der Waals surface area contributed by atoms with Crippen LogP contribution in [0.4, 0.5) is 4.79 Å². The zero-order valence-electron chi connectivity index (χ0n) is 20.0. The first-order chi connectivity index (χ1) is 16.5. The molecule has 1 aromatic carbocycles. The molecule has 1 aromatic rings. The number of piperidine rings is 2. The van der Waals surface area contributed by atoms with Crippen LogP contribution in [0.1, 0.15) is 61.7 Å². The number of carbonyl (C=O) groups is 3. The van der Waals surface area contributed by atoms with Crippen molar-refractivity contribution in [3.8, 4) is 0 Å². The van der Waals surface area contributed by atoms with Crippen molar-refractivity contribution in [2.75, 3.05) is 39.3 Å². The monoisotopic (exact) mass is 467 g/mol. The van der Waals surface area contributed by atoms with Gasteiger partial charge in [-0.15, -0.1) is 0 Å². The predicted octanol–water partition coefficient (Wildman–Crippen LogP) is 3.49. The number of hydrogen-bond acceptors (Lipinski definition) is 5. The van der Waals surface area contributed by atoms with E-state index in [1.807, 2.05) is 40.1 Å². The molecule has 1 aliphatic carbocycles. The second-order valence-corrected chi connectivity index (χ2v) is 10.7. The second-order valence-electron chi connectivity index (χ2n) is 10.7. The van der Waals surface area contributed by atoms with E-state index in [9.17, 15) is 14.4 Å². The van der Waals surface area contributed by atoms with Crippen LogP contribution in [-0.2, 0) is 9.53 Å². The molecule has 184 valence electrons. The third-order valence-electron chi connectivity index (χ3n) is 8.47. The Morgan fingerprint density at radius 2 is 1.62 bits per heavy atom. The van der Waals surface area contributed by atoms with Crippen molar-refractivity contribution in [2.24, 2.45) is 17.8 Å². The Hall–Kier alpha value is -2.41. The number of nitrogens with zero attached hydrogens (tertiary/aromatic N) is 2. The van der Waals surface area contributed by atoms with Crippen molar-refractivity contribution in [3.05, 3.63) is 35.9 Å². The molecule has 2 amide bonds. The molecule has 0 bridgehead atoms. The highest BCUT2D eigenvalue weighted by Gasteiger charge is 2.46. The van der Waals surface area contributed by atoms with Crippen molar-refractivity contribution in [1.82, 2.24) is 15.1 Å². The second kappa shape index (κ2) is 10.1. The molecular formula is C27H37N3O4. The van der Waals surface area contributed by atoms with Gasteiger partial charge in [0.2, 0.25) is 5.91 Å². The predicted molar refractivity (Wildman–Crippen MR) is 128 cm³/mol. The van der Waals surface area contributed by atoms with Crippen LogP contribution in [0.2, 0.25) is 0 Å². The van der Waals surface area contributed by atoms with E-state index in [4.69, 9.17) is 4.74 Å². The van der Waals surface area contributed by atoms with Crippen molar-refractivity contribution >= 4 is 17.8 Å². The summed E-state index contributed by atoms with van der Waals surface area (Å²) in [5.41, 5.74) is 0.488. The molecule has 7 heteroatoms. The standard InChI is InChI=1S/C27H37N3O4/c31-24(21-4-2-1-3-5-21)22-10-16-29(17-11-22)25(32)23-8-6-20(7-9-23)18-30-19-27(34-26(30)33)12-14-28-15-13-27/h1-5,20,22-23,28H,6-19H2/t20-,23-. The Bertz CT molecular complexity index is 882. The Morgan fingerprint density at radius 3 is 2.29 bits per heavy atom. The number of amides is 2. The van der Waals surface area contributed by atoms with Crippen LogP contribution in [0.25, 0.3) is 0 Å². The van der Waals surface area contributed by atoms with Crippen molar-refractivity contribution < 1.29 is 19.1 Å². The van der Waals surface area contributed by atoms with E-state index in [-0.39, 0.29) is 35.2 Å². The van der Waals surface area contributed by atoms with E-state index in [0.29, 0.717) is 25.6 Å². The van der Waals surface area contributed by atoms with E-state index in [1.165, 1.54) is 0 Å². The number of rotatable bonds is 5. The summed E-state index contributed by atoms with van der Waals surface area (Å²) >= 11 is 0. The minimum Gasteiger partial charge on any atom is -0.441 e. The Morgan fingerprint density at radius 1 is 0.941 bits per heavy atom. The zero-order chi connectivity index (χ0) is 23.5. The van der Waals surface area contributed by atoms with Crippen LogP contribution in [0.15, 0.2) is 30.3 Å². The lowest BCUT2D eigenvalue weighted by atomic mass is 9.80. The SMILES string of the molecule is O=C(c1ccccc1)C1CCN(C(=O)[C@H]2CC[C@H](CN3CC4(CCNCC4)OC3=O)CC2)CC1. The van der Waals surface area contributed by atoms with Crippen molar-refractivity contribution in [1.29, 1.82) is 0 Å². The van der Waals surface area contributed by atoms with E-state index in [0.717, 1.165) is 76.6 Å². The maximum atomic E-state index is 13.2. The number of likely N-dealkylation sites (tertiary alicyclic amines) is 1. The summed E-state index contributed by atoms with van der Waals surface area (Å²) in [4.78, 5) is 42.2. The molecule has 4 aliphatic rings. The van der Waals surface area contributed by atoms with Crippen LogP contribution in [0, 0.1) is 17.8 Å². The molecule has 5 rings (SSSR count). The number of nitrogens with one attached hydrogen (secondary N) is 1. The smallest absolute Gasteiger partial charge is 0.410 e. The largest absolute Gasteiger partial charge is 0.441 e. The molecule has 0 atom stereocenters. The van der Waals surface area contributed by atoms with Crippen LogP contribution < -0.4 is 5.32 Å². The van der Waals surface area contributed by atoms with Crippen molar-refractivity contribution in [2.45, 2.75) is 57.0 Å². The van der Waals surface area contributed by atoms with Gasteiger partial charge >= 0.3 is 6.09 Å². The molecule has 4 fully saturated rings. The zero-order valence-corrected chi connectivity index (χ0v) is 20.0. The van der Waals surface area contributed by atoms with Gasteiger partial charge in [0, 0.05) is 49.9 Å². The number of ketones is 1. The van der Waals surface area contributed by atoms with Gasteiger partial charge in [-0.05, 0) is 57.5 Å². The van der Waals surface area contributed by atoms with Gasteiger partial charge in [-0.1, -0.05) is 30.3 Å². The lowest BCUT2D eigenvalue weighted by Crippen LogP contribution is -2.45. The molecule has 3 aliphatic heterocycles. The lowest BCUT2D eigenvalue weighted by molar-refractivity contribution is -0.138. The molecule has 1 saturated carbocycles. The topological polar surface area (TPSA) is 79.0 Å². The normalized spacial score (nSPS) is 27.6. The van der Waals surface area contributed by atoms with Gasteiger partial charge in [0.15, 0.2) is 5.78 Å². The summed E-state index contributed by atoms with van der Waals surface area (Å²) in [5, 5.41) is 3.34. The van der Waals surface area contributed by atoms with Gasteiger partial charge in [-0.3, -0.25) is 9.59 Å². The van der Waals surface area contributed by atoms with Crippen LogP contribution >= 0.6 is 0 Å². The molecule has 7 nitrogen and oxygen atoms in total. The number of Topliss-reactive ketones (excluding diaryl/α,β-unsaturated/α-hetero) is 1. The summed E-state index contributed by atoms with van der Waals surface area (Å²) in [5.74, 6) is 1.02. The average molecular weight is 468 g/mol. The first-order valence-corrected chi connectivity index (χ1v) is 13.1. The van der Waals surface area contributed by atoms with E-state index >= 15 is 0 Å². The van der Waals surface area contributed by atoms with Crippen LogP contribution in [0.3, 0.4) is 0 Å². The maximum absolute atomic E-state index is 13.2. The number of hydrogen-bond donors (Lipinski definition) is 1. The Balaban J connectivity index is 1.06. The molecule has 1 N–H and O–H groups in total. The molecule has 0 radical (unpaired) electrons. The molecule has 3 saturated heterocycles. The summed E-state index contributed by atoms with van der Waals surface area (Å²) in [6, 6.07) is 9.49. The fourth-order valence-electron chi connectivity index (χ4n) is 6.34. The van der Waals surface area contributed by atoms with E-state index < -0.39 is 0 Å². The molecule has 0 unspecified atom stereocenters.